The molecular weight excluding hydrogens is 304 g/mol. The van der Waals surface area contributed by atoms with Gasteiger partial charge in [0.2, 0.25) is 0 Å². The van der Waals surface area contributed by atoms with Crippen LogP contribution in [0.25, 0.3) is 11.1 Å². The van der Waals surface area contributed by atoms with Gasteiger partial charge < -0.3 is 4.74 Å². The molecule has 0 aromatic heterocycles. The molecule has 1 nitrogen and oxygen atoms in total. The third kappa shape index (κ3) is 2.24. The van der Waals surface area contributed by atoms with E-state index in [1.165, 1.54) is 22.3 Å². The Hall–Kier alpha value is -2.25. The molecule has 0 bridgehead atoms. The molecule has 3 aromatic carbocycles. The molecule has 0 atom stereocenters. The average Bonchev–Trinajstić information content (AvgIpc) is 2.78. The zero-order valence-electron chi connectivity index (χ0n) is 13.1. The monoisotopic (exact) mass is 320 g/mol. The molecule has 0 N–H and O–H groups in total. The van der Waals surface area contributed by atoms with E-state index in [-0.39, 0.29) is 5.41 Å². The molecular formula is C21H17ClO. The van der Waals surface area contributed by atoms with Crippen molar-refractivity contribution in [2.75, 3.05) is 0 Å². The molecule has 4 rings (SSSR count). The van der Waals surface area contributed by atoms with Crippen LogP contribution in [0.2, 0.25) is 5.02 Å². The minimum atomic E-state index is -0.0220. The number of benzene rings is 3. The second-order valence-corrected chi connectivity index (χ2v) is 6.82. The van der Waals surface area contributed by atoms with Gasteiger partial charge >= 0.3 is 0 Å². The van der Waals surface area contributed by atoms with Gasteiger partial charge in [0.15, 0.2) is 0 Å². The summed E-state index contributed by atoms with van der Waals surface area (Å²) in [5, 5.41) is 0.621. The van der Waals surface area contributed by atoms with Crippen LogP contribution in [0.5, 0.6) is 11.5 Å². The third-order valence-corrected chi connectivity index (χ3v) is 4.93. The molecule has 23 heavy (non-hydrogen) atoms. The van der Waals surface area contributed by atoms with Crippen LogP contribution in [0.4, 0.5) is 0 Å². The second-order valence-electron chi connectivity index (χ2n) is 6.41. The van der Waals surface area contributed by atoms with Crippen molar-refractivity contribution in [1.29, 1.82) is 0 Å². The van der Waals surface area contributed by atoms with E-state index < -0.39 is 0 Å². The minimum Gasteiger partial charge on any atom is -0.456 e. The molecule has 0 unspecified atom stereocenters. The summed E-state index contributed by atoms with van der Waals surface area (Å²) < 4.78 is 5.99. The lowest BCUT2D eigenvalue weighted by molar-refractivity contribution is 0.481. The highest BCUT2D eigenvalue weighted by atomic mass is 35.5. The second kappa shape index (κ2) is 5.14. The van der Waals surface area contributed by atoms with Gasteiger partial charge in [-0.3, -0.25) is 0 Å². The standard InChI is InChI=1S/C21H17ClO/c1-21(2)17-8-4-3-7-15(17)16-12-11-14(13-18(16)21)23-20-10-6-5-9-19(20)22/h3-13H,1-2H3. The Morgan fingerprint density at radius 3 is 2.30 bits per heavy atom. The maximum absolute atomic E-state index is 6.20. The van der Waals surface area contributed by atoms with E-state index in [1.54, 1.807) is 0 Å². The summed E-state index contributed by atoms with van der Waals surface area (Å²) in [6.07, 6.45) is 0. The molecule has 0 aliphatic heterocycles. The Kier molecular flexibility index (Phi) is 3.21. The lowest BCUT2D eigenvalue weighted by Crippen LogP contribution is -2.14. The van der Waals surface area contributed by atoms with Crippen LogP contribution in [0.1, 0.15) is 25.0 Å². The van der Waals surface area contributed by atoms with Gasteiger partial charge in [-0.15, -0.1) is 0 Å². The van der Waals surface area contributed by atoms with E-state index in [9.17, 15) is 0 Å². The van der Waals surface area contributed by atoms with E-state index >= 15 is 0 Å². The number of para-hydroxylation sites is 1. The molecule has 0 saturated heterocycles. The highest BCUT2D eigenvalue weighted by Crippen LogP contribution is 2.49. The predicted molar refractivity (Wildman–Crippen MR) is 95.5 cm³/mol. The molecule has 0 spiro atoms. The quantitative estimate of drug-likeness (QED) is 0.528. The zero-order chi connectivity index (χ0) is 16.0. The minimum absolute atomic E-state index is 0.0220. The summed E-state index contributed by atoms with van der Waals surface area (Å²) >= 11 is 6.20. The van der Waals surface area contributed by atoms with Gasteiger partial charge in [-0.1, -0.05) is 67.9 Å². The first-order chi connectivity index (χ1) is 11.1. The normalized spacial score (nSPS) is 14.2. The van der Waals surface area contributed by atoms with E-state index in [2.05, 4.69) is 50.2 Å². The summed E-state index contributed by atoms with van der Waals surface area (Å²) in [4.78, 5) is 0. The largest absolute Gasteiger partial charge is 0.456 e. The highest BCUT2D eigenvalue weighted by molar-refractivity contribution is 6.32. The SMILES string of the molecule is CC1(C)c2ccccc2-c2ccc(Oc3ccccc3Cl)cc21. The van der Waals surface area contributed by atoms with Crippen molar-refractivity contribution in [3.63, 3.8) is 0 Å². The van der Waals surface area contributed by atoms with E-state index in [1.807, 2.05) is 30.3 Å². The molecule has 114 valence electrons. The molecule has 2 heteroatoms. The van der Waals surface area contributed by atoms with Crippen LogP contribution >= 0.6 is 11.6 Å². The van der Waals surface area contributed by atoms with Crippen molar-refractivity contribution >= 4 is 11.6 Å². The Morgan fingerprint density at radius 2 is 1.48 bits per heavy atom. The van der Waals surface area contributed by atoms with Crippen LogP contribution in [-0.2, 0) is 5.41 Å². The van der Waals surface area contributed by atoms with Crippen molar-refractivity contribution in [2.45, 2.75) is 19.3 Å². The molecule has 0 amide bonds. The Balaban J connectivity index is 1.79. The van der Waals surface area contributed by atoms with Gasteiger partial charge in [0.05, 0.1) is 5.02 Å². The molecule has 3 aromatic rings. The Morgan fingerprint density at radius 1 is 0.783 bits per heavy atom. The fourth-order valence-electron chi connectivity index (χ4n) is 3.40. The van der Waals surface area contributed by atoms with Crippen LogP contribution in [0, 0.1) is 0 Å². The molecule has 0 saturated carbocycles. The van der Waals surface area contributed by atoms with E-state index in [4.69, 9.17) is 16.3 Å². The average molecular weight is 321 g/mol. The fraction of sp³-hybridized carbons (Fsp3) is 0.143. The molecule has 0 fully saturated rings. The lowest BCUT2D eigenvalue weighted by Gasteiger charge is -2.21. The first kappa shape index (κ1) is 14.3. The first-order valence-corrected chi connectivity index (χ1v) is 8.12. The molecule has 1 aliphatic carbocycles. The van der Waals surface area contributed by atoms with Crippen LogP contribution in [0.3, 0.4) is 0 Å². The van der Waals surface area contributed by atoms with E-state index in [0.717, 1.165) is 5.75 Å². The Bertz CT molecular complexity index is 896. The predicted octanol–water partition coefficient (Wildman–Crippen LogP) is 6.44. The van der Waals surface area contributed by atoms with Crippen LogP contribution < -0.4 is 4.74 Å². The van der Waals surface area contributed by atoms with Crippen LogP contribution in [-0.4, -0.2) is 0 Å². The van der Waals surface area contributed by atoms with Gasteiger partial charge in [0.1, 0.15) is 11.5 Å². The van der Waals surface area contributed by atoms with Gasteiger partial charge in [-0.25, -0.2) is 0 Å². The van der Waals surface area contributed by atoms with Gasteiger partial charge in [-0.05, 0) is 46.5 Å². The number of halogens is 1. The van der Waals surface area contributed by atoms with Crippen molar-refractivity contribution in [2.24, 2.45) is 0 Å². The molecule has 1 aliphatic rings. The third-order valence-electron chi connectivity index (χ3n) is 4.62. The number of ether oxygens (including phenoxy) is 1. The van der Waals surface area contributed by atoms with Crippen molar-refractivity contribution < 1.29 is 4.74 Å². The number of rotatable bonds is 2. The summed E-state index contributed by atoms with van der Waals surface area (Å²) in [6, 6.07) is 22.5. The zero-order valence-corrected chi connectivity index (χ0v) is 13.9. The molecule has 0 radical (unpaired) electrons. The number of hydrogen-bond acceptors (Lipinski definition) is 1. The summed E-state index contributed by atoms with van der Waals surface area (Å²) in [5.74, 6) is 1.50. The summed E-state index contributed by atoms with van der Waals surface area (Å²) in [7, 11) is 0. The topological polar surface area (TPSA) is 9.23 Å². The highest BCUT2D eigenvalue weighted by Gasteiger charge is 2.35. The van der Waals surface area contributed by atoms with Gasteiger partial charge in [0, 0.05) is 5.41 Å². The van der Waals surface area contributed by atoms with Gasteiger partial charge in [0.25, 0.3) is 0 Å². The lowest BCUT2D eigenvalue weighted by atomic mass is 9.82. The smallest absolute Gasteiger partial charge is 0.146 e. The first-order valence-electron chi connectivity index (χ1n) is 7.74. The van der Waals surface area contributed by atoms with E-state index in [0.29, 0.717) is 10.8 Å². The van der Waals surface area contributed by atoms with Gasteiger partial charge in [-0.2, -0.15) is 0 Å². The Labute approximate surface area is 141 Å². The summed E-state index contributed by atoms with van der Waals surface area (Å²) in [5.41, 5.74) is 5.24. The maximum Gasteiger partial charge on any atom is 0.146 e. The summed E-state index contributed by atoms with van der Waals surface area (Å²) in [6.45, 7) is 4.52. The van der Waals surface area contributed by atoms with Crippen molar-refractivity contribution in [3.05, 3.63) is 82.9 Å². The maximum atomic E-state index is 6.20. The molecule has 0 heterocycles. The number of hydrogen-bond donors (Lipinski definition) is 0. The van der Waals surface area contributed by atoms with Crippen molar-refractivity contribution in [1.82, 2.24) is 0 Å². The number of fused-ring (bicyclic) bond motifs is 3. The van der Waals surface area contributed by atoms with Crippen LogP contribution in [0.15, 0.2) is 66.7 Å². The van der Waals surface area contributed by atoms with Crippen molar-refractivity contribution in [3.8, 4) is 22.6 Å². The fourth-order valence-corrected chi connectivity index (χ4v) is 3.58.